The summed E-state index contributed by atoms with van der Waals surface area (Å²) in [6.07, 6.45) is 4.00. The number of hydrogen-bond acceptors (Lipinski definition) is 3. The maximum atomic E-state index is 12.2. The molecule has 1 aliphatic heterocycles. The lowest BCUT2D eigenvalue weighted by molar-refractivity contribution is 0.0947. The van der Waals surface area contributed by atoms with Crippen molar-refractivity contribution in [1.82, 2.24) is 15.6 Å². The lowest BCUT2D eigenvalue weighted by Crippen LogP contribution is -2.37. The van der Waals surface area contributed by atoms with E-state index in [1.165, 1.54) is 6.42 Å². The molecule has 3 rings (SSSR count). The van der Waals surface area contributed by atoms with Gasteiger partial charge in [-0.2, -0.15) is 0 Å². The van der Waals surface area contributed by atoms with Crippen LogP contribution in [0.1, 0.15) is 23.3 Å². The third-order valence-corrected chi connectivity index (χ3v) is 3.56. The van der Waals surface area contributed by atoms with Gasteiger partial charge in [0.2, 0.25) is 0 Å². The third-order valence-electron chi connectivity index (χ3n) is 3.56. The molecule has 0 radical (unpaired) electrons. The van der Waals surface area contributed by atoms with Crippen LogP contribution in [-0.2, 0) is 0 Å². The Kier molecular flexibility index (Phi) is 3.42. The second kappa shape index (κ2) is 5.36. The van der Waals surface area contributed by atoms with E-state index in [-0.39, 0.29) is 5.91 Å². The van der Waals surface area contributed by atoms with Gasteiger partial charge < -0.3 is 10.6 Å². The van der Waals surface area contributed by atoms with Crippen LogP contribution in [0.15, 0.2) is 36.5 Å². The Morgan fingerprint density at radius 1 is 1.37 bits per heavy atom. The Bertz CT molecular complexity index is 585. The van der Waals surface area contributed by atoms with Crippen molar-refractivity contribution in [3.8, 4) is 0 Å². The van der Waals surface area contributed by atoms with E-state index < -0.39 is 0 Å². The number of benzene rings is 1. The van der Waals surface area contributed by atoms with E-state index in [2.05, 4.69) is 15.6 Å². The summed E-state index contributed by atoms with van der Waals surface area (Å²) >= 11 is 0. The fraction of sp³-hybridized carbons (Fsp3) is 0.333. The molecule has 1 unspecified atom stereocenters. The Balaban J connectivity index is 1.77. The predicted octanol–water partition coefficient (Wildman–Crippen LogP) is 1.72. The molecule has 1 aromatic heterocycles. The number of nitrogens with zero attached hydrogens (tertiary/aromatic N) is 1. The molecule has 1 fully saturated rings. The number of carbonyl (C=O) groups excluding carboxylic acids is 1. The van der Waals surface area contributed by atoms with Crippen molar-refractivity contribution in [3.63, 3.8) is 0 Å². The second-order valence-electron chi connectivity index (χ2n) is 4.88. The number of rotatable bonds is 3. The highest BCUT2D eigenvalue weighted by atomic mass is 16.1. The van der Waals surface area contributed by atoms with Crippen molar-refractivity contribution in [2.75, 3.05) is 13.1 Å². The first-order valence-electron chi connectivity index (χ1n) is 6.70. The second-order valence-corrected chi connectivity index (χ2v) is 4.88. The zero-order chi connectivity index (χ0) is 13.1. The molecular weight excluding hydrogens is 238 g/mol. The van der Waals surface area contributed by atoms with Crippen LogP contribution in [0.4, 0.5) is 0 Å². The summed E-state index contributed by atoms with van der Waals surface area (Å²) in [5.74, 6) is -0.0921. The van der Waals surface area contributed by atoms with Gasteiger partial charge in [0.05, 0.1) is 0 Å². The van der Waals surface area contributed by atoms with Crippen LogP contribution in [0.25, 0.3) is 10.8 Å². The van der Waals surface area contributed by atoms with Crippen LogP contribution >= 0.6 is 0 Å². The Hall–Kier alpha value is -1.94. The molecule has 4 heteroatoms. The molecule has 1 amide bonds. The fourth-order valence-corrected chi connectivity index (χ4v) is 2.53. The standard InChI is InChI=1S/C15H17N3O/c19-15(18-10-12-5-3-8-16-12)14-13-6-2-1-4-11(13)7-9-17-14/h1-2,4,6-7,9,12,16H,3,5,8,10H2,(H,18,19). The zero-order valence-corrected chi connectivity index (χ0v) is 10.7. The normalized spacial score (nSPS) is 18.6. The highest BCUT2D eigenvalue weighted by Crippen LogP contribution is 2.16. The molecular formula is C15H17N3O. The van der Waals surface area contributed by atoms with Crippen molar-refractivity contribution in [2.45, 2.75) is 18.9 Å². The first-order valence-corrected chi connectivity index (χ1v) is 6.70. The van der Waals surface area contributed by atoms with Gasteiger partial charge in [-0.3, -0.25) is 9.78 Å². The van der Waals surface area contributed by atoms with Gasteiger partial charge in [0.15, 0.2) is 0 Å². The lowest BCUT2D eigenvalue weighted by atomic mass is 10.1. The first kappa shape index (κ1) is 12.1. The Morgan fingerprint density at radius 2 is 2.26 bits per heavy atom. The highest BCUT2D eigenvalue weighted by Gasteiger charge is 2.16. The quantitative estimate of drug-likeness (QED) is 0.878. The van der Waals surface area contributed by atoms with Gasteiger partial charge in [-0.05, 0) is 30.8 Å². The molecule has 1 saturated heterocycles. The number of hydrogen-bond donors (Lipinski definition) is 2. The minimum Gasteiger partial charge on any atom is -0.349 e. The monoisotopic (exact) mass is 255 g/mol. The van der Waals surface area contributed by atoms with E-state index in [0.717, 1.165) is 23.7 Å². The molecule has 98 valence electrons. The number of aromatic nitrogens is 1. The Labute approximate surface area is 112 Å². The molecule has 4 nitrogen and oxygen atoms in total. The molecule has 0 bridgehead atoms. The average molecular weight is 255 g/mol. The van der Waals surface area contributed by atoms with Gasteiger partial charge in [0.1, 0.15) is 5.69 Å². The number of nitrogens with one attached hydrogen (secondary N) is 2. The number of carbonyl (C=O) groups is 1. The van der Waals surface area contributed by atoms with Gasteiger partial charge in [-0.15, -0.1) is 0 Å². The number of pyridine rings is 1. The molecule has 2 N–H and O–H groups in total. The maximum Gasteiger partial charge on any atom is 0.270 e. The summed E-state index contributed by atoms with van der Waals surface area (Å²) in [6, 6.07) is 10.1. The largest absolute Gasteiger partial charge is 0.349 e. The smallest absolute Gasteiger partial charge is 0.270 e. The molecule has 1 atom stereocenters. The molecule has 1 aromatic carbocycles. The fourth-order valence-electron chi connectivity index (χ4n) is 2.53. The van der Waals surface area contributed by atoms with E-state index in [1.54, 1.807) is 6.20 Å². The Morgan fingerprint density at radius 3 is 3.11 bits per heavy atom. The van der Waals surface area contributed by atoms with Crippen molar-refractivity contribution in [3.05, 3.63) is 42.2 Å². The molecule has 0 aliphatic carbocycles. The zero-order valence-electron chi connectivity index (χ0n) is 10.7. The first-order chi connectivity index (χ1) is 9.34. The van der Waals surface area contributed by atoms with Crippen molar-refractivity contribution in [2.24, 2.45) is 0 Å². The SMILES string of the molecule is O=C(NCC1CCCN1)c1nccc2ccccc12. The molecule has 19 heavy (non-hydrogen) atoms. The van der Waals surface area contributed by atoms with E-state index in [4.69, 9.17) is 0 Å². The summed E-state index contributed by atoms with van der Waals surface area (Å²) in [5, 5.41) is 8.28. The minimum atomic E-state index is -0.0921. The number of amides is 1. The van der Waals surface area contributed by atoms with E-state index in [1.807, 2.05) is 30.3 Å². The number of fused-ring (bicyclic) bond motifs is 1. The predicted molar refractivity (Wildman–Crippen MR) is 75.1 cm³/mol. The van der Waals surface area contributed by atoms with Crippen LogP contribution in [0.5, 0.6) is 0 Å². The summed E-state index contributed by atoms with van der Waals surface area (Å²) in [6.45, 7) is 1.72. The van der Waals surface area contributed by atoms with Gasteiger partial charge in [-0.25, -0.2) is 0 Å². The molecule has 2 aromatic rings. The molecule has 0 spiro atoms. The van der Waals surface area contributed by atoms with Crippen molar-refractivity contribution < 1.29 is 4.79 Å². The lowest BCUT2D eigenvalue weighted by Gasteiger charge is -2.12. The van der Waals surface area contributed by atoms with Gasteiger partial charge in [-0.1, -0.05) is 24.3 Å². The van der Waals surface area contributed by atoms with Crippen LogP contribution < -0.4 is 10.6 Å². The van der Waals surface area contributed by atoms with Crippen molar-refractivity contribution in [1.29, 1.82) is 0 Å². The van der Waals surface area contributed by atoms with E-state index >= 15 is 0 Å². The highest BCUT2D eigenvalue weighted by molar-refractivity contribution is 6.05. The van der Waals surface area contributed by atoms with Gasteiger partial charge in [0.25, 0.3) is 5.91 Å². The summed E-state index contributed by atoms with van der Waals surface area (Å²) < 4.78 is 0. The minimum absolute atomic E-state index is 0.0921. The molecule has 1 aliphatic rings. The average Bonchev–Trinajstić information content (AvgIpc) is 2.97. The maximum absolute atomic E-state index is 12.2. The van der Waals surface area contributed by atoms with Gasteiger partial charge in [0, 0.05) is 24.2 Å². The third kappa shape index (κ3) is 2.58. The van der Waals surface area contributed by atoms with Crippen molar-refractivity contribution >= 4 is 16.7 Å². The van der Waals surface area contributed by atoms with Gasteiger partial charge >= 0.3 is 0 Å². The topological polar surface area (TPSA) is 54.0 Å². The summed E-state index contributed by atoms with van der Waals surface area (Å²) in [7, 11) is 0. The molecule has 0 saturated carbocycles. The summed E-state index contributed by atoms with van der Waals surface area (Å²) in [4.78, 5) is 16.4. The van der Waals surface area contributed by atoms with Crippen LogP contribution in [0.3, 0.4) is 0 Å². The van der Waals surface area contributed by atoms with Crippen LogP contribution in [-0.4, -0.2) is 30.0 Å². The van der Waals surface area contributed by atoms with E-state index in [0.29, 0.717) is 18.3 Å². The van der Waals surface area contributed by atoms with E-state index in [9.17, 15) is 4.79 Å². The summed E-state index contributed by atoms with van der Waals surface area (Å²) in [5.41, 5.74) is 0.510. The molecule has 2 heterocycles. The van der Waals surface area contributed by atoms with Crippen LogP contribution in [0.2, 0.25) is 0 Å². The van der Waals surface area contributed by atoms with Crippen LogP contribution in [0, 0.1) is 0 Å².